The largest absolute Gasteiger partial charge is 0.490 e. The number of aliphatic carboxylic acids is 2. The summed E-state index contributed by atoms with van der Waals surface area (Å²) in [5.74, 6) is -4.65. The first-order valence-electron chi connectivity index (χ1n) is 10.6. The minimum absolute atomic E-state index is 0.258. The Labute approximate surface area is 208 Å². The number of nitrogens with one attached hydrogen (secondary N) is 1. The molecule has 0 spiro atoms. The van der Waals surface area contributed by atoms with E-state index in [1.54, 1.807) is 6.92 Å². The first-order valence-corrected chi connectivity index (χ1v) is 12.9. The lowest BCUT2D eigenvalue weighted by Crippen LogP contribution is -2.56. The zero-order valence-corrected chi connectivity index (χ0v) is 20.8. The summed E-state index contributed by atoms with van der Waals surface area (Å²) in [7, 11) is -3.95. The van der Waals surface area contributed by atoms with Gasteiger partial charge in [0.15, 0.2) is 0 Å². The van der Waals surface area contributed by atoms with Gasteiger partial charge in [-0.05, 0) is 18.4 Å². The molecule has 2 fully saturated rings. The third-order valence-electron chi connectivity index (χ3n) is 6.02. The highest BCUT2D eigenvalue weighted by molar-refractivity contribution is 7.87. The molecular formula is C20H24F3N5O6S2. The average Bonchev–Trinajstić information content (AvgIpc) is 3.15. The second kappa shape index (κ2) is 10.3. The maximum atomic E-state index is 13.0. The van der Waals surface area contributed by atoms with Crippen LogP contribution in [0, 0.1) is 12.8 Å². The van der Waals surface area contributed by atoms with Crippen molar-refractivity contribution in [3.8, 4) is 0 Å². The van der Waals surface area contributed by atoms with Gasteiger partial charge in [-0.15, -0.1) is 10.2 Å². The van der Waals surface area contributed by atoms with Crippen LogP contribution in [0.15, 0.2) is 30.3 Å². The number of hydrogen-bond acceptors (Lipinski definition) is 8. The Balaban J connectivity index is 0.000000454. The van der Waals surface area contributed by atoms with Gasteiger partial charge in [0, 0.05) is 32.1 Å². The number of halogens is 3. The van der Waals surface area contributed by atoms with Crippen LogP contribution in [0.2, 0.25) is 0 Å². The molecule has 2 aromatic rings. The second-order valence-electron chi connectivity index (χ2n) is 8.25. The van der Waals surface area contributed by atoms with E-state index in [4.69, 9.17) is 9.90 Å². The van der Waals surface area contributed by atoms with Gasteiger partial charge in [0.2, 0.25) is 5.13 Å². The van der Waals surface area contributed by atoms with Crippen LogP contribution in [0.4, 0.5) is 18.3 Å². The quantitative estimate of drug-likeness (QED) is 0.487. The predicted octanol–water partition coefficient (Wildman–Crippen LogP) is 1.69. The van der Waals surface area contributed by atoms with Crippen molar-refractivity contribution in [1.29, 1.82) is 0 Å². The zero-order valence-electron chi connectivity index (χ0n) is 19.1. The molecule has 16 heteroatoms. The summed E-state index contributed by atoms with van der Waals surface area (Å²) in [4.78, 5) is 23.0. The van der Waals surface area contributed by atoms with Crippen molar-refractivity contribution in [2.75, 3.05) is 31.1 Å². The van der Waals surface area contributed by atoms with Gasteiger partial charge in [-0.1, -0.05) is 48.6 Å². The van der Waals surface area contributed by atoms with Crippen molar-refractivity contribution in [3.05, 3.63) is 40.9 Å². The van der Waals surface area contributed by atoms with Crippen LogP contribution in [-0.4, -0.2) is 83.0 Å². The number of alkyl halides is 3. The van der Waals surface area contributed by atoms with E-state index in [9.17, 15) is 31.5 Å². The van der Waals surface area contributed by atoms with Crippen molar-refractivity contribution in [2.24, 2.45) is 5.92 Å². The van der Waals surface area contributed by atoms with Gasteiger partial charge in [0.05, 0.1) is 0 Å². The van der Waals surface area contributed by atoms with Gasteiger partial charge in [-0.25, -0.2) is 4.79 Å². The van der Waals surface area contributed by atoms with Crippen LogP contribution in [0.1, 0.15) is 23.4 Å². The molecule has 0 radical (unpaired) electrons. The number of aryl methyl sites for hydroxylation is 1. The molecule has 198 valence electrons. The number of carboxylic acid groups (broad SMARTS) is 2. The molecular weight excluding hydrogens is 527 g/mol. The first kappa shape index (κ1) is 27.8. The van der Waals surface area contributed by atoms with E-state index in [0.29, 0.717) is 13.1 Å². The number of benzene rings is 1. The molecule has 36 heavy (non-hydrogen) atoms. The molecule has 3 atom stereocenters. The van der Waals surface area contributed by atoms with Gasteiger partial charge >= 0.3 is 18.1 Å². The van der Waals surface area contributed by atoms with Gasteiger partial charge < -0.3 is 15.1 Å². The van der Waals surface area contributed by atoms with Crippen LogP contribution in [0.3, 0.4) is 0 Å². The normalized spacial score (nSPS) is 24.5. The highest BCUT2D eigenvalue weighted by Gasteiger charge is 2.70. The summed E-state index contributed by atoms with van der Waals surface area (Å²) >= 11 is 1.47. The summed E-state index contributed by atoms with van der Waals surface area (Å²) in [5.41, 5.74) is -0.699. The number of carboxylic acids is 2. The minimum Gasteiger partial charge on any atom is -0.480 e. The van der Waals surface area contributed by atoms with Crippen LogP contribution in [-0.2, 0) is 19.8 Å². The molecule has 1 aliphatic carbocycles. The molecule has 1 aliphatic heterocycles. The Bertz CT molecular complexity index is 1200. The molecule has 0 amide bonds. The summed E-state index contributed by atoms with van der Waals surface area (Å²) < 4.78 is 61.6. The third-order valence-corrected chi connectivity index (χ3v) is 8.56. The fourth-order valence-corrected chi connectivity index (χ4v) is 6.45. The Morgan fingerprint density at radius 1 is 1.11 bits per heavy atom. The SMILES string of the molecule is Cc1nnc(N2CCN(S(=O)(=O)N[C@@]3(C(=O)O)C(C)[C@@H]3c3ccccc3)CC2)s1.O=C(O)C(F)(F)F. The topological polar surface area (TPSA) is 153 Å². The number of carbonyl (C=O) groups is 2. The van der Waals surface area contributed by atoms with E-state index in [1.165, 1.54) is 15.6 Å². The molecule has 4 rings (SSSR count). The summed E-state index contributed by atoms with van der Waals surface area (Å²) in [5, 5.41) is 26.8. The van der Waals surface area contributed by atoms with Crippen molar-refractivity contribution in [2.45, 2.75) is 31.5 Å². The first-order chi connectivity index (χ1) is 16.7. The van der Waals surface area contributed by atoms with Crippen LogP contribution in [0.25, 0.3) is 0 Å². The highest BCUT2D eigenvalue weighted by Crippen LogP contribution is 2.57. The molecule has 1 aromatic heterocycles. The minimum atomic E-state index is -5.08. The Kier molecular flexibility index (Phi) is 7.92. The van der Waals surface area contributed by atoms with E-state index in [2.05, 4.69) is 14.9 Å². The molecule has 1 aromatic carbocycles. The Morgan fingerprint density at radius 3 is 2.11 bits per heavy atom. The van der Waals surface area contributed by atoms with Crippen LogP contribution >= 0.6 is 11.3 Å². The monoisotopic (exact) mass is 551 g/mol. The molecule has 3 N–H and O–H groups in total. The molecule has 2 heterocycles. The summed E-state index contributed by atoms with van der Waals surface area (Å²) in [6.45, 7) is 5.11. The number of rotatable bonds is 6. The summed E-state index contributed by atoms with van der Waals surface area (Å²) in [6, 6.07) is 9.18. The Morgan fingerprint density at radius 2 is 1.67 bits per heavy atom. The van der Waals surface area contributed by atoms with Gasteiger partial charge in [0.25, 0.3) is 10.2 Å². The second-order valence-corrected chi connectivity index (χ2v) is 11.1. The molecule has 11 nitrogen and oxygen atoms in total. The number of nitrogens with zero attached hydrogens (tertiary/aromatic N) is 4. The van der Waals surface area contributed by atoms with Crippen molar-refractivity contribution >= 4 is 38.6 Å². The lowest BCUT2D eigenvalue weighted by Gasteiger charge is -2.34. The lowest BCUT2D eigenvalue weighted by atomic mass is 10.1. The number of aromatic nitrogens is 2. The fraction of sp³-hybridized carbons (Fsp3) is 0.500. The van der Waals surface area contributed by atoms with E-state index in [1.807, 2.05) is 42.2 Å². The lowest BCUT2D eigenvalue weighted by molar-refractivity contribution is -0.192. The number of piperazine rings is 1. The molecule has 0 bridgehead atoms. The van der Waals surface area contributed by atoms with Crippen molar-refractivity contribution in [1.82, 2.24) is 19.2 Å². The molecule has 2 aliphatic rings. The van der Waals surface area contributed by atoms with Crippen molar-refractivity contribution < 1.29 is 41.4 Å². The Hall–Kier alpha value is -2.82. The maximum Gasteiger partial charge on any atom is 0.490 e. The van der Waals surface area contributed by atoms with Gasteiger partial charge in [-0.2, -0.15) is 30.6 Å². The zero-order chi connectivity index (χ0) is 26.9. The maximum absolute atomic E-state index is 13.0. The average molecular weight is 552 g/mol. The van der Waals surface area contributed by atoms with Gasteiger partial charge in [0.1, 0.15) is 10.5 Å². The molecule has 1 unspecified atom stereocenters. The number of anilines is 1. The smallest absolute Gasteiger partial charge is 0.480 e. The van der Waals surface area contributed by atoms with E-state index >= 15 is 0 Å². The molecule has 1 saturated heterocycles. The van der Waals surface area contributed by atoms with E-state index < -0.39 is 39.8 Å². The van der Waals surface area contributed by atoms with Crippen LogP contribution in [0.5, 0.6) is 0 Å². The molecule has 1 saturated carbocycles. The van der Waals surface area contributed by atoms with Crippen molar-refractivity contribution in [3.63, 3.8) is 0 Å². The van der Waals surface area contributed by atoms with Gasteiger partial charge in [-0.3, -0.25) is 4.79 Å². The number of hydrogen-bond donors (Lipinski definition) is 3. The standard InChI is InChI=1S/C18H23N5O4S2.C2HF3O2/c1-12-15(14-6-4-3-5-7-14)18(12,16(24)25)21-29(26,27)23-10-8-22(9-11-23)17-20-19-13(2)28-17;3-2(4,5)1(6)7/h3-7,12,15,21H,8-11H2,1-2H3,(H,24,25);(H,6,7)/t12?,15-,18+;/m1./s1. The summed E-state index contributed by atoms with van der Waals surface area (Å²) in [6.07, 6.45) is -5.08. The van der Waals surface area contributed by atoms with Crippen LogP contribution < -0.4 is 9.62 Å². The third kappa shape index (κ3) is 5.77. The highest BCUT2D eigenvalue weighted by atomic mass is 32.2. The fourth-order valence-electron chi connectivity index (χ4n) is 4.11. The van der Waals surface area contributed by atoms with E-state index in [-0.39, 0.29) is 19.0 Å². The predicted molar refractivity (Wildman–Crippen MR) is 123 cm³/mol. The van der Waals surface area contributed by atoms with E-state index in [0.717, 1.165) is 15.7 Å².